The van der Waals surface area contributed by atoms with Crippen LogP contribution in [-0.4, -0.2) is 36.1 Å². The van der Waals surface area contributed by atoms with Gasteiger partial charge in [-0.15, -0.1) is 0 Å². The highest BCUT2D eigenvalue weighted by Gasteiger charge is 2.24. The van der Waals surface area contributed by atoms with Gasteiger partial charge in [0.1, 0.15) is 11.8 Å². The molecule has 1 heterocycles. The number of rotatable bonds is 2. The molecule has 1 unspecified atom stereocenters. The fraction of sp³-hybridized carbons (Fsp3) is 0.385. The van der Waals surface area contributed by atoms with Crippen LogP contribution in [0.25, 0.3) is 0 Å². The highest BCUT2D eigenvalue weighted by molar-refractivity contribution is 5.97. The van der Waals surface area contributed by atoms with Crippen LogP contribution in [0.1, 0.15) is 11.1 Å². The van der Waals surface area contributed by atoms with Crippen molar-refractivity contribution in [1.82, 2.24) is 10.6 Å². The average Bonchev–Trinajstić information content (AvgIpc) is 2.36. The minimum absolute atomic E-state index is 0.110. The van der Waals surface area contributed by atoms with Crippen LogP contribution in [0.4, 0.5) is 5.69 Å². The lowest BCUT2D eigenvalue weighted by molar-refractivity contribution is -0.124. The Balaban J connectivity index is 2.07. The lowest BCUT2D eigenvalue weighted by atomic mass is 10.1. The number of carbonyl (C=O) groups excluding carboxylic acids is 2. The van der Waals surface area contributed by atoms with Gasteiger partial charge < -0.3 is 15.7 Å². The number of aromatic hydroxyl groups is 1. The van der Waals surface area contributed by atoms with E-state index in [0.29, 0.717) is 11.3 Å². The summed E-state index contributed by atoms with van der Waals surface area (Å²) >= 11 is 0. The van der Waals surface area contributed by atoms with Crippen molar-refractivity contribution in [2.75, 3.05) is 18.4 Å². The van der Waals surface area contributed by atoms with E-state index in [9.17, 15) is 14.7 Å². The Bertz CT molecular complexity index is 518. The summed E-state index contributed by atoms with van der Waals surface area (Å²) in [4.78, 5) is 23.0. The summed E-state index contributed by atoms with van der Waals surface area (Å²) in [6.45, 7) is 4.00. The smallest absolute Gasteiger partial charge is 0.243 e. The van der Waals surface area contributed by atoms with E-state index in [2.05, 4.69) is 16.0 Å². The normalized spacial score (nSPS) is 18.8. The first-order chi connectivity index (χ1) is 8.97. The Labute approximate surface area is 111 Å². The van der Waals surface area contributed by atoms with Gasteiger partial charge in [-0.3, -0.25) is 14.9 Å². The zero-order chi connectivity index (χ0) is 14.0. The van der Waals surface area contributed by atoms with Crippen LogP contribution in [0.2, 0.25) is 0 Å². The van der Waals surface area contributed by atoms with Crippen LogP contribution in [-0.2, 0) is 9.59 Å². The number of carbonyl (C=O) groups is 2. The number of phenols is 1. The van der Waals surface area contributed by atoms with Crippen molar-refractivity contribution in [3.8, 4) is 5.75 Å². The molecule has 2 amide bonds. The van der Waals surface area contributed by atoms with Gasteiger partial charge >= 0.3 is 0 Å². The van der Waals surface area contributed by atoms with Crippen LogP contribution in [0.15, 0.2) is 12.1 Å². The fourth-order valence-electron chi connectivity index (χ4n) is 1.91. The van der Waals surface area contributed by atoms with E-state index in [1.807, 2.05) is 6.92 Å². The molecule has 1 saturated heterocycles. The van der Waals surface area contributed by atoms with E-state index in [4.69, 9.17) is 0 Å². The van der Waals surface area contributed by atoms with Gasteiger partial charge in [0.15, 0.2) is 0 Å². The molecule has 0 bridgehead atoms. The Morgan fingerprint density at radius 2 is 2.11 bits per heavy atom. The zero-order valence-corrected chi connectivity index (χ0v) is 10.9. The first-order valence-electron chi connectivity index (χ1n) is 6.08. The first kappa shape index (κ1) is 13.4. The first-order valence-corrected chi connectivity index (χ1v) is 6.08. The molecule has 1 aliphatic rings. The fourth-order valence-corrected chi connectivity index (χ4v) is 1.91. The van der Waals surface area contributed by atoms with Gasteiger partial charge in [-0.05, 0) is 37.1 Å². The van der Waals surface area contributed by atoms with Gasteiger partial charge in [0.2, 0.25) is 11.8 Å². The molecule has 1 aromatic rings. The summed E-state index contributed by atoms with van der Waals surface area (Å²) in [6.07, 6.45) is 0. The summed E-state index contributed by atoms with van der Waals surface area (Å²) < 4.78 is 0. The highest BCUT2D eigenvalue weighted by atomic mass is 16.3. The van der Waals surface area contributed by atoms with Crippen molar-refractivity contribution in [3.63, 3.8) is 0 Å². The Hall–Kier alpha value is -2.08. The predicted octanol–water partition coefficient (Wildman–Crippen LogP) is 0.0355. The number of hydrogen-bond acceptors (Lipinski definition) is 4. The van der Waals surface area contributed by atoms with Crippen molar-refractivity contribution in [1.29, 1.82) is 0 Å². The average molecular weight is 263 g/mol. The summed E-state index contributed by atoms with van der Waals surface area (Å²) in [7, 11) is 0. The predicted molar refractivity (Wildman–Crippen MR) is 71.0 cm³/mol. The molecule has 102 valence electrons. The van der Waals surface area contributed by atoms with Gasteiger partial charge in [0.25, 0.3) is 0 Å². The lowest BCUT2D eigenvalue weighted by Crippen LogP contribution is -2.56. The SMILES string of the molecule is Cc1cc(NC(=O)C2CNC(=O)CN2)c(C)cc1O. The van der Waals surface area contributed by atoms with Crippen molar-refractivity contribution in [2.24, 2.45) is 0 Å². The summed E-state index contributed by atoms with van der Waals surface area (Å²) in [5.74, 6) is -0.104. The second-order valence-electron chi connectivity index (χ2n) is 4.68. The highest BCUT2D eigenvalue weighted by Crippen LogP contribution is 2.25. The maximum atomic E-state index is 12.0. The van der Waals surface area contributed by atoms with Crippen LogP contribution in [0.5, 0.6) is 5.75 Å². The van der Waals surface area contributed by atoms with Crippen molar-refractivity contribution < 1.29 is 14.7 Å². The molecule has 4 N–H and O–H groups in total. The van der Waals surface area contributed by atoms with Gasteiger partial charge in [0, 0.05) is 12.2 Å². The third-order valence-electron chi connectivity index (χ3n) is 3.13. The maximum absolute atomic E-state index is 12.0. The molecular formula is C13H17N3O3. The summed E-state index contributed by atoms with van der Waals surface area (Å²) in [6, 6.07) is 2.90. The number of nitrogens with one attached hydrogen (secondary N) is 3. The molecule has 0 aromatic heterocycles. The van der Waals surface area contributed by atoms with Crippen molar-refractivity contribution >= 4 is 17.5 Å². The summed E-state index contributed by atoms with van der Waals surface area (Å²) in [5, 5.41) is 17.9. The standard InChI is InChI=1S/C13H17N3O3/c1-7-4-11(17)8(2)3-9(7)16-13(19)10-5-15-12(18)6-14-10/h3-4,10,14,17H,5-6H2,1-2H3,(H,15,18)(H,16,19). The van der Waals surface area contributed by atoms with Gasteiger partial charge in [-0.25, -0.2) is 0 Å². The third-order valence-corrected chi connectivity index (χ3v) is 3.13. The third kappa shape index (κ3) is 3.03. The Kier molecular flexibility index (Phi) is 3.71. The topological polar surface area (TPSA) is 90.5 Å². The van der Waals surface area contributed by atoms with Crippen LogP contribution < -0.4 is 16.0 Å². The van der Waals surface area contributed by atoms with E-state index >= 15 is 0 Å². The van der Waals surface area contributed by atoms with Gasteiger partial charge in [-0.2, -0.15) is 0 Å². The number of hydrogen-bond donors (Lipinski definition) is 4. The molecule has 6 nitrogen and oxygen atoms in total. The van der Waals surface area contributed by atoms with E-state index in [1.165, 1.54) is 0 Å². The molecule has 0 radical (unpaired) electrons. The zero-order valence-electron chi connectivity index (χ0n) is 10.9. The van der Waals surface area contributed by atoms with Crippen molar-refractivity contribution in [2.45, 2.75) is 19.9 Å². The number of benzene rings is 1. The number of aryl methyl sites for hydroxylation is 2. The molecule has 2 rings (SSSR count). The van der Waals surface area contributed by atoms with E-state index in [1.54, 1.807) is 19.1 Å². The molecule has 6 heteroatoms. The molecule has 19 heavy (non-hydrogen) atoms. The Morgan fingerprint density at radius 3 is 2.74 bits per heavy atom. The maximum Gasteiger partial charge on any atom is 0.243 e. The van der Waals surface area contributed by atoms with E-state index < -0.39 is 6.04 Å². The summed E-state index contributed by atoms with van der Waals surface area (Å²) in [5.41, 5.74) is 2.15. The molecule has 0 spiro atoms. The molecule has 1 atom stereocenters. The largest absolute Gasteiger partial charge is 0.508 e. The molecular weight excluding hydrogens is 246 g/mol. The number of piperazine rings is 1. The second kappa shape index (κ2) is 5.27. The van der Waals surface area contributed by atoms with Crippen LogP contribution in [0.3, 0.4) is 0 Å². The second-order valence-corrected chi connectivity index (χ2v) is 4.68. The monoisotopic (exact) mass is 263 g/mol. The van der Waals surface area contributed by atoms with Crippen LogP contribution in [0, 0.1) is 13.8 Å². The molecule has 0 aliphatic carbocycles. The minimum Gasteiger partial charge on any atom is -0.508 e. The lowest BCUT2D eigenvalue weighted by Gasteiger charge is -2.23. The Morgan fingerprint density at radius 1 is 1.37 bits per heavy atom. The molecule has 1 fully saturated rings. The molecule has 1 aliphatic heterocycles. The van der Waals surface area contributed by atoms with Crippen molar-refractivity contribution in [3.05, 3.63) is 23.3 Å². The van der Waals surface area contributed by atoms with Gasteiger partial charge in [-0.1, -0.05) is 0 Å². The minimum atomic E-state index is -0.439. The van der Waals surface area contributed by atoms with E-state index in [0.717, 1.165) is 5.56 Å². The molecule has 0 saturated carbocycles. The molecule has 1 aromatic carbocycles. The number of phenolic OH excluding ortho intramolecular Hbond substituents is 1. The van der Waals surface area contributed by atoms with Gasteiger partial charge in [0.05, 0.1) is 6.54 Å². The number of anilines is 1. The van der Waals surface area contributed by atoms with E-state index in [-0.39, 0.29) is 30.7 Å². The van der Waals surface area contributed by atoms with Crippen LogP contribution >= 0.6 is 0 Å². The quantitative estimate of drug-likeness (QED) is 0.567. The number of amides is 2.